The number of aromatic nitrogens is 1. The zero-order valence-electron chi connectivity index (χ0n) is 12.7. The fourth-order valence-corrected chi connectivity index (χ4v) is 2.71. The molecule has 0 radical (unpaired) electrons. The third-order valence-corrected chi connectivity index (χ3v) is 3.94. The Labute approximate surface area is 124 Å². The second kappa shape index (κ2) is 7.04. The minimum absolute atomic E-state index is 0.0698. The van der Waals surface area contributed by atoms with E-state index in [9.17, 15) is 9.90 Å². The minimum Gasteiger partial charge on any atom is -0.466 e. The van der Waals surface area contributed by atoms with Gasteiger partial charge in [-0.3, -0.25) is 4.79 Å². The Morgan fingerprint density at radius 3 is 2.86 bits per heavy atom. The maximum Gasteiger partial charge on any atom is 0.308 e. The van der Waals surface area contributed by atoms with Crippen molar-refractivity contribution in [1.82, 2.24) is 10.3 Å². The van der Waals surface area contributed by atoms with E-state index in [2.05, 4.69) is 10.3 Å². The van der Waals surface area contributed by atoms with Crippen LogP contribution in [0.2, 0.25) is 0 Å². The Bertz CT molecular complexity index is 464. The van der Waals surface area contributed by atoms with Crippen LogP contribution < -0.4 is 5.32 Å². The summed E-state index contributed by atoms with van der Waals surface area (Å²) in [6, 6.07) is 0. The molecule has 2 N–H and O–H groups in total. The van der Waals surface area contributed by atoms with E-state index in [4.69, 9.17) is 9.15 Å². The maximum absolute atomic E-state index is 11.7. The number of rotatable bonds is 6. The summed E-state index contributed by atoms with van der Waals surface area (Å²) in [6.07, 6.45) is 4.24. The lowest BCUT2D eigenvalue weighted by Crippen LogP contribution is -2.44. The standard InChI is InChI=1S/C15H24N2O4/c1-3-20-14(18)12-4-6-15(19,7-5-12)10-16-9-13-17-8-11(2)21-13/h8,12,16,19H,3-7,9-10H2,1-2H3. The van der Waals surface area contributed by atoms with E-state index in [1.54, 1.807) is 6.20 Å². The van der Waals surface area contributed by atoms with E-state index >= 15 is 0 Å². The van der Waals surface area contributed by atoms with Gasteiger partial charge in [-0.2, -0.15) is 0 Å². The number of aliphatic hydroxyl groups is 1. The van der Waals surface area contributed by atoms with Gasteiger partial charge in [0.2, 0.25) is 5.89 Å². The first-order valence-electron chi connectivity index (χ1n) is 7.53. The molecule has 6 heteroatoms. The Balaban J connectivity index is 1.73. The van der Waals surface area contributed by atoms with Crippen molar-refractivity contribution in [3.63, 3.8) is 0 Å². The van der Waals surface area contributed by atoms with Gasteiger partial charge in [-0.05, 0) is 39.5 Å². The quantitative estimate of drug-likeness (QED) is 0.775. The number of carbonyl (C=O) groups is 1. The molecule has 1 saturated carbocycles. The van der Waals surface area contributed by atoms with Gasteiger partial charge in [-0.25, -0.2) is 4.98 Å². The average Bonchev–Trinajstić information content (AvgIpc) is 2.85. The lowest BCUT2D eigenvalue weighted by molar-refractivity contribution is -0.151. The first-order valence-corrected chi connectivity index (χ1v) is 7.53. The monoisotopic (exact) mass is 296 g/mol. The molecule has 0 bridgehead atoms. The summed E-state index contributed by atoms with van der Waals surface area (Å²) < 4.78 is 10.4. The molecule has 1 fully saturated rings. The first kappa shape index (κ1) is 16.0. The lowest BCUT2D eigenvalue weighted by atomic mass is 9.79. The molecule has 1 aromatic rings. The predicted molar refractivity (Wildman–Crippen MR) is 76.5 cm³/mol. The highest BCUT2D eigenvalue weighted by atomic mass is 16.5. The normalized spacial score (nSPS) is 25.8. The number of aryl methyl sites for hydroxylation is 1. The van der Waals surface area contributed by atoms with Crippen molar-refractivity contribution in [2.45, 2.75) is 51.7 Å². The minimum atomic E-state index is -0.759. The molecule has 1 aliphatic rings. The Hall–Kier alpha value is -1.40. The van der Waals surface area contributed by atoms with E-state index in [1.165, 1.54) is 0 Å². The molecule has 118 valence electrons. The average molecular weight is 296 g/mol. The van der Waals surface area contributed by atoms with Crippen molar-refractivity contribution in [2.24, 2.45) is 5.92 Å². The van der Waals surface area contributed by atoms with E-state index < -0.39 is 5.60 Å². The molecule has 0 unspecified atom stereocenters. The highest BCUT2D eigenvalue weighted by molar-refractivity contribution is 5.72. The van der Waals surface area contributed by atoms with Crippen molar-refractivity contribution in [3.8, 4) is 0 Å². The van der Waals surface area contributed by atoms with Crippen molar-refractivity contribution in [1.29, 1.82) is 0 Å². The van der Waals surface area contributed by atoms with Gasteiger partial charge in [-0.1, -0.05) is 0 Å². The molecule has 0 spiro atoms. The van der Waals surface area contributed by atoms with Crippen LogP contribution in [0.4, 0.5) is 0 Å². The molecule has 6 nitrogen and oxygen atoms in total. The summed E-state index contributed by atoms with van der Waals surface area (Å²) in [4.78, 5) is 15.8. The summed E-state index contributed by atoms with van der Waals surface area (Å²) >= 11 is 0. The summed E-state index contributed by atoms with van der Waals surface area (Å²) in [5, 5.41) is 13.7. The third kappa shape index (κ3) is 4.54. The van der Waals surface area contributed by atoms with Crippen LogP contribution in [0, 0.1) is 12.8 Å². The van der Waals surface area contributed by atoms with Gasteiger partial charge in [0.05, 0.1) is 30.9 Å². The Morgan fingerprint density at radius 2 is 2.29 bits per heavy atom. The second-order valence-electron chi connectivity index (χ2n) is 5.72. The van der Waals surface area contributed by atoms with Crippen LogP contribution in [0.15, 0.2) is 10.6 Å². The lowest BCUT2D eigenvalue weighted by Gasteiger charge is -2.35. The molecule has 1 aromatic heterocycles. The number of oxazole rings is 1. The molecule has 0 saturated heterocycles. The fraction of sp³-hybridized carbons (Fsp3) is 0.733. The van der Waals surface area contributed by atoms with Gasteiger partial charge in [0.15, 0.2) is 0 Å². The van der Waals surface area contributed by atoms with Gasteiger partial charge < -0.3 is 19.6 Å². The predicted octanol–water partition coefficient (Wildman–Crippen LogP) is 1.56. The zero-order valence-corrected chi connectivity index (χ0v) is 12.7. The Kier molecular flexibility index (Phi) is 5.36. The van der Waals surface area contributed by atoms with E-state index in [1.807, 2.05) is 13.8 Å². The number of nitrogens with one attached hydrogen (secondary N) is 1. The zero-order chi connectivity index (χ0) is 15.3. The number of hydrogen-bond donors (Lipinski definition) is 2. The number of nitrogens with zero attached hydrogens (tertiary/aromatic N) is 1. The third-order valence-electron chi connectivity index (χ3n) is 3.94. The SMILES string of the molecule is CCOC(=O)C1CCC(O)(CNCc2ncc(C)o2)CC1. The van der Waals surface area contributed by atoms with Crippen molar-refractivity contribution < 1.29 is 19.1 Å². The molecule has 2 rings (SSSR count). The van der Waals surface area contributed by atoms with Crippen molar-refractivity contribution in [3.05, 3.63) is 17.8 Å². The van der Waals surface area contributed by atoms with Crippen LogP contribution in [0.25, 0.3) is 0 Å². The van der Waals surface area contributed by atoms with Gasteiger partial charge in [-0.15, -0.1) is 0 Å². The molecule has 0 amide bonds. The van der Waals surface area contributed by atoms with Crippen molar-refractivity contribution >= 4 is 5.97 Å². The van der Waals surface area contributed by atoms with Crippen LogP contribution in [0.1, 0.15) is 44.3 Å². The van der Waals surface area contributed by atoms with E-state index in [0.717, 1.165) is 5.76 Å². The highest BCUT2D eigenvalue weighted by Crippen LogP contribution is 2.32. The van der Waals surface area contributed by atoms with Crippen LogP contribution in [0.3, 0.4) is 0 Å². The topological polar surface area (TPSA) is 84.6 Å². The summed E-state index contributed by atoms with van der Waals surface area (Å²) in [6.45, 7) is 5.05. The largest absolute Gasteiger partial charge is 0.466 e. The van der Waals surface area contributed by atoms with Crippen LogP contribution in [-0.2, 0) is 16.1 Å². The van der Waals surface area contributed by atoms with Crippen LogP contribution in [-0.4, -0.2) is 34.8 Å². The molecule has 0 aliphatic heterocycles. The first-order chi connectivity index (χ1) is 10.0. The molecule has 1 aliphatic carbocycles. The van der Waals surface area contributed by atoms with E-state index in [-0.39, 0.29) is 11.9 Å². The smallest absolute Gasteiger partial charge is 0.308 e. The molecular formula is C15H24N2O4. The van der Waals surface area contributed by atoms with Gasteiger partial charge in [0.1, 0.15) is 5.76 Å². The van der Waals surface area contributed by atoms with Gasteiger partial charge in [0.25, 0.3) is 0 Å². The number of esters is 1. The van der Waals surface area contributed by atoms with Crippen LogP contribution in [0.5, 0.6) is 0 Å². The number of hydrogen-bond acceptors (Lipinski definition) is 6. The highest BCUT2D eigenvalue weighted by Gasteiger charge is 2.36. The molecule has 0 atom stereocenters. The summed E-state index contributed by atoms with van der Waals surface area (Å²) in [5.74, 6) is 1.19. The molecule has 0 aromatic carbocycles. The van der Waals surface area contributed by atoms with E-state index in [0.29, 0.717) is 51.3 Å². The van der Waals surface area contributed by atoms with Gasteiger partial charge in [0, 0.05) is 6.54 Å². The van der Waals surface area contributed by atoms with Gasteiger partial charge >= 0.3 is 5.97 Å². The molecule has 1 heterocycles. The number of carbonyl (C=O) groups excluding carboxylic acids is 1. The van der Waals surface area contributed by atoms with Crippen molar-refractivity contribution in [2.75, 3.05) is 13.2 Å². The van der Waals surface area contributed by atoms with Crippen LogP contribution >= 0.6 is 0 Å². The molecular weight excluding hydrogens is 272 g/mol. The summed E-state index contributed by atoms with van der Waals surface area (Å²) in [5.41, 5.74) is -0.759. The molecule has 21 heavy (non-hydrogen) atoms. The summed E-state index contributed by atoms with van der Waals surface area (Å²) in [7, 11) is 0. The Morgan fingerprint density at radius 1 is 1.57 bits per heavy atom. The maximum atomic E-state index is 11.7. The number of ether oxygens (including phenoxy) is 1. The fourth-order valence-electron chi connectivity index (χ4n) is 2.71. The second-order valence-corrected chi connectivity index (χ2v) is 5.72.